The number of benzene rings is 1. The standard InChI is InChI=1S/C15H18BNO3/c1-14(2)15(3,4)20-16(19-14)12-7-5-6-11(10-12)13-8-9-17-18-13/h5-10H,1-4H3. The van der Waals surface area contributed by atoms with Gasteiger partial charge in [-0.1, -0.05) is 29.4 Å². The van der Waals surface area contributed by atoms with Crippen molar-refractivity contribution in [3.8, 4) is 11.3 Å². The van der Waals surface area contributed by atoms with E-state index >= 15 is 0 Å². The van der Waals surface area contributed by atoms with Crippen molar-refractivity contribution in [2.24, 2.45) is 0 Å². The lowest BCUT2D eigenvalue weighted by Gasteiger charge is -2.32. The van der Waals surface area contributed by atoms with E-state index in [2.05, 4.69) is 5.16 Å². The number of nitrogens with zero attached hydrogens (tertiary/aromatic N) is 1. The average Bonchev–Trinajstić information content (AvgIpc) is 2.97. The number of hydrogen-bond donors (Lipinski definition) is 0. The van der Waals surface area contributed by atoms with Crippen LogP contribution in [0.1, 0.15) is 27.7 Å². The predicted octanol–water partition coefficient (Wildman–Crippen LogP) is 2.64. The Balaban J connectivity index is 1.91. The van der Waals surface area contributed by atoms with Crippen LogP contribution < -0.4 is 5.46 Å². The third-order valence-corrected chi connectivity index (χ3v) is 4.13. The zero-order valence-electron chi connectivity index (χ0n) is 12.2. The van der Waals surface area contributed by atoms with E-state index < -0.39 is 0 Å². The molecule has 0 aliphatic carbocycles. The lowest BCUT2D eigenvalue weighted by molar-refractivity contribution is 0.00578. The summed E-state index contributed by atoms with van der Waals surface area (Å²) >= 11 is 0. The monoisotopic (exact) mass is 271 g/mol. The van der Waals surface area contributed by atoms with Gasteiger partial charge in [0.1, 0.15) is 0 Å². The van der Waals surface area contributed by atoms with E-state index in [4.69, 9.17) is 13.8 Å². The van der Waals surface area contributed by atoms with E-state index in [1.54, 1.807) is 6.20 Å². The molecule has 2 heterocycles. The van der Waals surface area contributed by atoms with Crippen LogP contribution in [0.15, 0.2) is 41.1 Å². The first-order valence-corrected chi connectivity index (χ1v) is 6.76. The van der Waals surface area contributed by atoms with Gasteiger partial charge in [0.25, 0.3) is 0 Å². The van der Waals surface area contributed by atoms with Gasteiger partial charge in [-0.3, -0.25) is 0 Å². The molecule has 1 aliphatic rings. The van der Waals surface area contributed by atoms with Crippen molar-refractivity contribution >= 4 is 12.6 Å². The minimum absolute atomic E-state index is 0.333. The number of rotatable bonds is 2. The van der Waals surface area contributed by atoms with Crippen LogP contribution in [0.5, 0.6) is 0 Å². The molecular formula is C15H18BNO3. The third-order valence-electron chi connectivity index (χ3n) is 4.13. The molecule has 0 N–H and O–H groups in total. The van der Waals surface area contributed by atoms with E-state index in [-0.39, 0.29) is 18.3 Å². The van der Waals surface area contributed by atoms with Gasteiger partial charge in [-0.2, -0.15) is 0 Å². The topological polar surface area (TPSA) is 44.5 Å². The first kappa shape index (κ1) is 13.4. The highest BCUT2D eigenvalue weighted by molar-refractivity contribution is 6.62. The highest BCUT2D eigenvalue weighted by atomic mass is 16.7. The third kappa shape index (κ3) is 2.17. The van der Waals surface area contributed by atoms with Crippen LogP contribution in [0, 0.1) is 0 Å². The molecule has 0 saturated carbocycles. The Kier molecular flexibility index (Phi) is 2.99. The van der Waals surface area contributed by atoms with Gasteiger partial charge in [0, 0.05) is 11.6 Å². The minimum atomic E-state index is -0.358. The molecule has 5 heteroatoms. The van der Waals surface area contributed by atoms with Crippen molar-refractivity contribution in [3.63, 3.8) is 0 Å². The van der Waals surface area contributed by atoms with Crippen LogP contribution in [-0.4, -0.2) is 23.5 Å². The SMILES string of the molecule is CC1(C)OB(c2cccc(-c3ccno3)c2)OC1(C)C. The van der Waals surface area contributed by atoms with E-state index in [1.165, 1.54) is 0 Å². The minimum Gasteiger partial charge on any atom is -0.399 e. The highest BCUT2D eigenvalue weighted by Gasteiger charge is 2.51. The molecule has 104 valence electrons. The van der Waals surface area contributed by atoms with Crippen LogP contribution in [0.4, 0.5) is 0 Å². The second kappa shape index (κ2) is 4.47. The molecule has 1 saturated heterocycles. The second-order valence-electron chi connectivity index (χ2n) is 6.09. The van der Waals surface area contributed by atoms with Gasteiger partial charge in [-0.05, 0) is 33.2 Å². The lowest BCUT2D eigenvalue weighted by Crippen LogP contribution is -2.41. The Morgan fingerprint density at radius 3 is 2.30 bits per heavy atom. The van der Waals surface area contributed by atoms with Crippen LogP contribution in [0.2, 0.25) is 0 Å². The second-order valence-corrected chi connectivity index (χ2v) is 6.09. The largest absolute Gasteiger partial charge is 0.494 e. The first-order chi connectivity index (χ1) is 9.39. The summed E-state index contributed by atoms with van der Waals surface area (Å²) in [4.78, 5) is 0. The van der Waals surface area contributed by atoms with Crippen molar-refractivity contribution in [3.05, 3.63) is 36.5 Å². The van der Waals surface area contributed by atoms with Crippen LogP contribution in [0.3, 0.4) is 0 Å². The summed E-state index contributed by atoms with van der Waals surface area (Å²) in [6.07, 6.45) is 1.64. The highest BCUT2D eigenvalue weighted by Crippen LogP contribution is 2.36. The predicted molar refractivity (Wildman–Crippen MR) is 77.7 cm³/mol. The molecule has 0 unspecified atom stereocenters. The molecule has 1 aromatic carbocycles. The molecule has 0 radical (unpaired) electrons. The number of hydrogen-bond acceptors (Lipinski definition) is 4. The van der Waals surface area contributed by atoms with Crippen molar-refractivity contribution in [1.82, 2.24) is 5.16 Å². The van der Waals surface area contributed by atoms with Gasteiger partial charge in [0.05, 0.1) is 17.4 Å². The lowest BCUT2D eigenvalue weighted by atomic mass is 9.78. The van der Waals surface area contributed by atoms with E-state index in [0.717, 1.165) is 16.8 Å². The molecule has 20 heavy (non-hydrogen) atoms. The molecule has 2 aromatic rings. The molecule has 0 amide bonds. The fourth-order valence-corrected chi connectivity index (χ4v) is 2.18. The van der Waals surface area contributed by atoms with Gasteiger partial charge in [-0.15, -0.1) is 0 Å². The normalized spacial score (nSPS) is 20.3. The summed E-state index contributed by atoms with van der Waals surface area (Å²) in [5.41, 5.74) is 1.28. The van der Waals surface area contributed by atoms with Crippen molar-refractivity contribution in [1.29, 1.82) is 0 Å². The summed E-state index contributed by atoms with van der Waals surface area (Å²) in [7, 11) is -0.358. The molecule has 0 bridgehead atoms. The summed E-state index contributed by atoms with van der Waals surface area (Å²) < 4.78 is 17.3. The maximum atomic E-state index is 6.05. The molecular weight excluding hydrogens is 253 g/mol. The molecule has 0 atom stereocenters. The van der Waals surface area contributed by atoms with Gasteiger partial charge in [0.2, 0.25) is 0 Å². The quantitative estimate of drug-likeness (QED) is 0.787. The Labute approximate surface area is 119 Å². The molecule has 4 nitrogen and oxygen atoms in total. The van der Waals surface area contributed by atoms with Crippen LogP contribution in [0.25, 0.3) is 11.3 Å². The summed E-state index contributed by atoms with van der Waals surface area (Å²) in [6, 6.07) is 9.81. The fourth-order valence-electron chi connectivity index (χ4n) is 2.18. The summed E-state index contributed by atoms with van der Waals surface area (Å²) in [5.74, 6) is 0.739. The molecule has 1 aliphatic heterocycles. The average molecular weight is 271 g/mol. The molecule has 3 rings (SSSR count). The molecule has 1 aromatic heterocycles. The Hall–Kier alpha value is -1.59. The van der Waals surface area contributed by atoms with Crippen LogP contribution in [-0.2, 0) is 9.31 Å². The Morgan fingerprint density at radius 1 is 1.00 bits per heavy atom. The van der Waals surface area contributed by atoms with Gasteiger partial charge in [-0.25, -0.2) is 0 Å². The maximum Gasteiger partial charge on any atom is 0.494 e. The van der Waals surface area contributed by atoms with Crippen molar-refractivity contribution in [2.75, 3.05) is 0 Å². The van der Waals surface area contributed by atoms with E-state index in [9.17, 15) is 0 Å². The van der Waals surface area contributed by atoms with E-state index in [0.29, 0.717) is 0 Å². The molecule has 0 spiro atoms. The first-order valence-electron chi connectivity index (χ1n) is 6.76. The Morgan fingerprint density at radius 2 is 1.70 bits per heavy atom. The summed E-state index contributed by atoms with van der Waals surface area (Å²) in [5, 5.41) is 3.73. The van der Waals surface area contributed by atoms with Gasteiger partial charge < -0.3 is 13.8 Å². The molecule has 1 fully saturated rings. The smallest absolute Gasteiger partial charge is 0.399 e. The zero-order chi connectivity index (χ0) is 14.4. The zero-order valence-corrected chi connectivity index (χ0v) is 12.2. The van der Waals surface area contributed by atoms with Gasteiger partial charge in [0.15, 0.2) is 5.76 Å². The number of aromatic nitrogens is 1. The Bertz CT molecular complexity index is 591. The maximum absolute atomic E-state index is 6.05. The van der Waals surface area contributed by atoms with Crippen molar-refractivity contribution in [2.45, 2.75) is 38.9 Å². The fraction of sp³-hybridized carbons (Fsp3) is 0.400. The van der Waals surface area contributed by atoms with Crippen molar-refractivity contribution < 1.29 is 13.8 Å². The van der Waals surface area contributed by atoms with Gasteiger partial charge >= 0.3 is 7.12 Å². The summed E-state index contributed by atoms with van der Waals surface area (Å²) in [6.45, 7) is 8.20. The van der Waals surface area contributed by atoms with E-state index in [1.807, 2.05) is 58.0 Å². The van der Waals surface area contributed by atoms with Crippen LogP contribution >= 0.6 is 0 Å².